The predicted octanol–water partition coefficient (Wildman–Crippen LogP) is 1.52. The van der Waals surface area contributed by atoms with Gasteiger partial charge in [0, 0.05) is 19.6 Å². The molecule has 2 amide bonds. The van der Waals surface area contributed by atoms with Gasteiger partial charge in [-0.2, -0.15) is 0 Å². The molecule has 2 saturated heterocycles. The number of amides is 2. The number of hydrogen-bond donors (Lipinski definition) is 0. The molecule has 1 aromatic rings. The van der Waals surface area contributed by atoms with E-state index < -0.39 is 0 Å². The number of likely N-dealkylation sites (tertiary alicyclic amines) is 1. The van der Waals surface area contributed by atoms with Crippen molar-refractivity contribution in [2.24, 2.45) is 0 Å². The summed E-state index contributed by atoms with van der Waals surface area (Å²) in [5.41, 5.74) is 0. The fraction of sp³-hybridized carbons (Fsp3) is 0.625. The molecule has 6 heteroatoms. The first-order chi connectivity index (χ1) is 10.6. The molecule has 3 rings (SSSR count). The van der Waals surface area contributed by atoms with Gasteiger partial charge in [-0.3, -0.25) is 9.59 Å². The summed E-state index contributed by atoms with van der Waals surface area (Å²) in [6.07, 6.45) is 3.10. The second-order valence-electron chi connectivity index (χ2n) is 6.13. The van der Waals surface area contributed by atoms with Gasteiger partial charge in [0.25, 0.3) is 5.91 Å². The van der Waals surface area contributed by atoms with Crippen molar-refractivity contribution in [3.05, 3.63) is 24.2 Å². The molecule has 2 aliphatic rings. The van der Waals surface area contributed by atoms with Crippen LogP contribution in [-0.4, -0.2) is 59.5 Å². The van der Waals surface area contributed by atoms with Crippen LogP contribution in [0.15, 0.2) is 22.8 Å². The number of carbonyl (C=O) groups excluding carboxylic acids is 2. The average molecular weight is 306 g/mol. The standard InChI is InChI=1S/C16H22N2O4/c1-11-9-17(10-12(2)22-11)15(19)13-5-3-7-18(13)16(20)14-6-4-8-21-14/h4,6,8,11-13H,3,5,7,9-10H2,1-2H3/t11-,12-,13+/m1/s1. The van der Waals surface area contributed by atoms with Crippen molar-refractivity contribution in [3.8, 4) is 0 Å². The number of nitrogens with zero attached hydrogens (tertiary/aromatic N) is 2. The van der Waals surface area contributed by atoms with Crippen LogP contribution in [0, 0.1) is 0 Å². The minimum absolute atomic E-state index is 0.0272. The predicted molar refractivity (Wildman–Crippen MR) is 79.4 cm³/mol. The van der Waals surface area contributed by atoms with Gasteiger partial charge in [0.05, 0.1) is 18.5 Å². The molecule has 2 aliphatic heterocycles. The summed E-state index contributed by atoms with van der Waals surface area (Å²) in [7, 11) is 0. The first kappa shape index (κ1) is 15.1. The van der Waals surface area contributed by atoms with E-state index in [4.69, 9.17) is 9.15 Å². The summed E-state index contributed by atoms with van der Waals surface area (Å²) in [6.45, 7) is 5.71. The van der Waals surface area contributed by atoms with E-state index in [9.17, 15) is 9.59 Å². The Morgan fingerprint density at radius 2 is 1.95 bits per heavy atom. The fourth-order valence-electron chi connectivity index (χ4n) is 3.38. The van der Waals surface area contributed by atoms with Gasteiger partial charge in [-0.1, -0.05) is 0 Å². The molecular formula is C16H22N2O4. The summed E-state index contributed by atoms with van der Waals surface area (Å²) in [5, 5.41) is 0. The normalized spacial score (nSPS) is 28.9. The lowest BCUT2D eigenvalue weighted by atomic mass is 10.1. The number of furan rings is 1. The van der Waals surface area contributed by atoms with E-state index in [1.165, 1.54) is 6.26 Å². The third kappa shape index (κ3) is 2.88. The Labute approximate surface area is 130 Å². The SMILES string of the molecule is C[C@@H]1CN(C(=O)[C@@H]2CCCN2C(=O)c2ccco2)C[C@@H](C)O1. The maximum Gasteiger partial charge on any atom is 0.290 e. The van der Waals surface area contributed by atoms with Crippen molar-refractivity contribution in [3.63, 3.8) is 0 Å². The number of rotatable bonds is 2. The lowest BCUT2D eigenvalue weighted by Crippen LogP contribution is -2.54. The van der Waals surface area contributed by atoms with Crippen molar-refractivity contribution in [2.45, 2.75) is 44.9 Å². The van der Waals surface area contributed by atoms with Crippen molar-refractivity contribution >= 4 is 11.8 Å². The summed E-state index contributed by atoms with van der Waals surface area (Å²) in [6, 6.07) is 2.95. The van der Waals surface area contributed by atoms with Gasteiger partial charge < -0.3 is 19.0 Å². The van der Waals surface area contributed by atoms with Crippen molar-refractivity contribution in [2.75, 3.05) is 19.6 Å². The van der Waals surface area contributed by atoms with Crippen LogP contribution in [0.1, 0.15) is 37.2 Å². The highest BCUT2D eigenvalue weighted by Crippen LogP contribution is 2.23. The van der Waals surface area contributed by atoms with Crippen LogP contribution in [-0.2, 0) is 9.53 Å². The van der Waals surface area contributed by atoms with Gasteiger partial charge in [0.15, 0.2) is 5.76 Å². The molecule has 0 spiro atoms. The Balaban J connectivity index is 1.72. The molecule has 0 aromatic carbocycles. The molecule has 1 aromatic heterocycles. The van der Waals surface area contributed by atoms with Gasteiger partial charge >= 0.3 is 0 Å². The summed E-state index contributed by atoms with van der Waals surface area (Å²) in [5.74, 6) is 0.123. The zero-order valence-corrected chi connectivity index (χ0v) is 13.0. The van der Waals surface area contributed by atoms with E-state index in [-0.39, 0.29) is 30.1 Å². The first-order valence-corrected chi connectivity index (χ1v) is 7.85. The maximum absolute atomic E-state index is 12.8. The molecule has 3 heterocycles. The van der Waals surface area contributed by atoms with Gasteiger partial charge in [0.1, 0.15) is 6.04 Å². The molecule has 6 nitrogen and oxygen atoms in total. The largest absolute Gasteiger partial charge is 0.459 e. The minimum atomic E-state index is -0.380. The molecule has 0 saturated carbocycles. The Morgan fingerprint density at radius 1 is 1.23 bits per heavy atom. The zero-order chi connectivity index (χ0) is 15.7. The average Bonchev–Trinajstić information content (AvgIpc) is 3.16. The molecule has 120 valence electrons. The van der Waals surface area contributed by atoms with Crippen LogP contribution in [0.25, 0.3) is 0 Å². The van der Waals surface area contributed by atoms with Crippen LogP contribution in [0.3, 0.4) is 0 Å². The number of ether oxygens (including phenoxy) is 1. The van der Waals surface area contributed by atoms with Gasteiger partial charge in [-0.15, -0.1) is 0 Å². The Kier molecular flexibility index (Phi) is 4.20. The van der Waals surface area contributed by atoms with Gasteiger partial charge in [-0.25, -0.2) is 0 Å². The van der Waals surface area contributed by atoms with E-state index in [1.807, 2.05) is 18.7 Å². The van der Waals surface area contributed by atoms with Crippen LogP contribution < -0.4 is 0 Å². The van der Waals surface area contributed by atoms with E-state index >= 15 is 0 Å². The van der Waals surface area contributed by atoms with Crippen LogP contribution in [0.2, 0.25) is 0 Å². The second-order valence-corrected chi connectivity index (χ2v) is 6.13. The van der Waals surface area contributed by atoms with Gasteiger partial charge in [-0.05, 0) is 38.8 Å². The van der Waals surface area contributed by atoms with Crippen molar-refractivity contribution in [1.82, 2.24) is 9.80 Å². The highest BCUT2D eigenvalue weighted by molar-refractivity contribution is 5.96. The molecule has 2 fully saturated rings. The molecule has 0 unspecified atom stereocenters. The molecule has 0 aliphatic carbocycles. The van der Waals surface area contributed by atoms with Crippen molar-refractivity contribution < 1.29 is 18.7 Å². The van der Waals surface area contributed by atoms with Crippen LogP contribution in [0.5, 0.6) is 0 Å². The topological polar surface area (TPSA) is 63.0 Å². The second kappa shape index (κ2) is 6.12. The van der Waals surface area contributed by atoms with Crippen molar-refractivity contribution in [1.29, 1.82) is 0 Å². The minimum Gasteiger partial charge on any atom is -0.459 e. The molecule has 0 N–H and O–H groups in total. The summed E-state index contributed by atoms with van der Waals surface area (Å²) in [4.78, 5) is 28.8. The Morgan fingerprint density at radius 3 is 2.59 bits per heavy atom. The van der Waals surface area contributed by atoms with E-state index in [2.05, 4.69) is 0 Å². The lowest BCUT2D eigenvalue weighted by Gasteiger charge is -2.37. The number of hydrogen-bond acceptors (Lipinski definition) is 4. The third-order valence-corrected chi connectivity index (χ3v) is 4.26. The van der Waals surface area contributed by atoms with E-state index in [0.717, 1.165) is 6.42 Å². The van der Waals surface area contributed by atoms with Gasteiger partial charge in [0.2, 0.25) is 5.91 Å². The maximum atomic E-state index is 12.8. The Bertz CT molecular complexity index is 532. The molecule has 0 bridgehead atoms. The highest BCUT2D eigenvalue weighted by Gasteiger charge is 2.39. The number of carbonyl (C=O) groups is 2. The van der Waals surface area contributed by atoms with Crippen LogP contribution in [0.4, 0.5) is 0 Å². The molecule has 22 heavy (non-hydrogen) atoms. The molecule has 3 atom stereocenters. The molecule has 0 radical (unpaired) electrons. The first-order valence-electron chi connectivity index (χ1n) is 7.85. The Hall–Kier alpha value is -1.82. The number of morpholine rings is 1. The summed E-state index contributed by atoms with van der Waals surface area (Å²) < 4.78 is 10.9. The quantitative estimate of drug-likeness (QED) is 0.831. The zero-order valence-electron chi connectivity index (χ0n) is 13.0. The highest BCUT2D eigenvalue weighted by atomic mass is 16.5. The fourth-order valence-corrected chi connectivity index (χ4v) is 3.38. The molecular weight excluding hydrogens is 284 g/mol. The van der Waals surface area contributed by atoms with E-state index in [0.29, 0.717) is 31.8 Å². The third-order valence-electron chi connectivity index (χ3n) is 4.26. The van der Waals surface area contributed by atoms with E-state index in [1.54, 1.807) is 17.0 Å². The lowest BCUT2D eigenvalue weighted by molar-refractivity contribution is -0.147. The van der Waals surface area contributed by atoms with Crippen LogP contribution >= 0.6 is 0 Å². The monoisotopic (exact) mass is 306 g/mol. The smallest absolute Gasteiger partial charge is 0.290 e. The summed E-state index contributed by atoms with van der Waals surface area (Å²) >= 11 is 0.